The Labute approximate surface area is 122 Å². The monoisotopic (exact) mass is 284 g/mol. The van der Waals surface area contributed by atoms with E-state index in [1.165, 1.54) is 0 Å². The summed E-state index contributed by atoms with van der Waals surface area (Å²) in [6.07, 6.45) is -0.135. The van der Waals surface area contributed by atoms with E-state index in [0.717, 1.165) is 11.1 Å². The Kier molecular flexibility index (Phi) is 4.38. The van der Waals surface area contributed by atoms with Gasteiger partial charge in [0.05, 0.1) is 12.3 Å². The van der Waals surface area contributed by atoms with Gasteiger partial charge in [-0.15, -0.1) is 0 Å². The van der Waals surface area contributed by atoms with Crippen LogP contribution >= 0.6 is 0 Å². The van der Waals surface area contributed by atoms with E-state index >= 15 is 0 Å². The lowest BCUT2D eigenvalue weighted by molar-refractivity contribution is -0.138. The minimum absolute atomic E-state index is 0.135. The summed E-state index contributed by atoms with van der Waals surface area (Å²) in [6, 6.07) is 14.7. The van der Waals surface area contributed by atoms with Gasteiger partial charge in [-0.25, -0.2) is 0 Å². The zero-order valence-corrected chi connectivity index (χ0v) is 11.6. The topological polar surface area (TPSA) is 74.6 Å². The highest BCUT2D eigenvalue weighted by Gasteiger charge is 2.17. The summed E-state index contributed by atoms with van der Waals surface area (Å²) in [7, 11) is 0. The zero-order chi connectivity index (χ0) is 15.4. The molecule has 0 bridgehead atoms. The van der Waals surface area contributed by atoms with Crippen LogP contribution in [0.25, 0.3) is 11.1 Å². The van der Waals surface area contributed by atoms with Gasteiger partial charge in [-0.2, -0.15) is 0 Å². The quantitative estimate of drug-likeness (QED) is 0.884. The molecule has 2 aromatic rings. The number of carbonyl (C=O) groups is 2. The minimum atomic E-state index is -0.938. The number of carboxylic acid groups (broad SMARTS) is 2. The van der Waals surface area contributed by atoms with Crippen molar-refractivity contribution in [1.82, 2.24) is 0 Å². The van der Waals surface area contributed by atoms with Crippen molar-refractivity contribution in [2.75, 3.05) is 0 Å². The average molecular weight is 284 g/mol. The summed E-state index contributed by atoms with van der Waals surface area (Å²) in [5.41, 5.74) is 2.97. The lowest BCUT2D eigenvalue weighted by Crippen LogP contribution is -2.09. The smallest absolute Gasteiger partial charge is 0.310 e. The lowest BCUT2D eigenvalue weighted by Gasteiger charge is -2.13. The highest BCUT2D eigenvalue weighted by Crippen LogP contribution is 2.28. The second-order valence-corrected chi connectivity index (χ2v) is 4.91. The summed E-state index contributed by atoms with van der Waals surface area (Å²) in [6.45, 7) is 1.59. The Hall–Kier alpha value is -2.62. The van der Waals surface area contributed by atoms with Crippen molar-refractivity contribution in [3.63, 3.8) is 0 Å². The Bertz CT molecular complexity index is 662. The van der Waals surface area contributed by atoms with Crippen molar-refractivity contribution in [3.8, 4) is 11.1 Å². The van der Waals surface area contributed by atoms with Crippen LogP contribution in [0.2, 0.25) is 0 Å². The van der Waals surface area contributed by atoms with Crippen molar-refractivity contribution >= 4 is 11.9 Å². The molecule has 0 aromatic heterocycles. The van der Waals surface area contributed by atoms with Gasteiger partial charge in [0.25, 0.3) is 0 Å². The fourth-order valence-electron chi connectivity index (χ4n) is 2.23. The van der Waals surface area contributed by atoms with Gasteiger partial charge < -0.3 is 10.2 Å². The molecular formula is C17H16O4. The van der Waals surface area contributed by atoms with E-state index < -0.39 is 17.9 Å². The maximum absolute atomic E-state index is 11.1. The van der Waals surface area contributed by atoms with Crippen LogP contribution in [0, 0.1) is 0 Å². The van der Waals surface area contributed by atoms with Crippen LogP contribution in [-0.2, 0) is 16.0 Å². The molecule has 4 heteroatoms. The minimum Gasteiger partial charge on any atom is -0.481 e. The van der Waals surface area contributed by atoms with Crippen molar-refractivity contribution < 1.29 is 19.8 Å². The first kappa shape index (κ1) is 14.8. The first-order chi connectivity index (χ1) is 9.99. The van der Waals surface area contributed by atoms with Gasteiger partial charge in [0.1, 0.15) is 0 Å². The molecule has 0 spiro atoms. The SMILES string of the molecule is CC(C(=O)O)c1ccc(-c2ccccc2)c(CC(=O)O)c1. The molecule has 0 radical (unpaired) electrons. The standard InChI is InChI=1S/C17H16O4/c1-11(17(20)21)13-7-8-15(12-5-3-2-4-6-12)14(9-13)10-16(18)19/h2-9,11H,10H2,1H3,(H,18,19)(H,20,21). The van der Waals surface area contributed by atoms with Crippen LogP contribution in [0.3, 0.4) is 0 Å². The first-order valence-electron chi connectivity index (χ1n) is 6.62. The van der Waals surface area contributed by atoms with Gasteiger partial charge in [-0.05, 0) is 29.2 Å². The van der Waals surface area contributed by atoms with E-state index in [1.807, 2.05) is 30.3 Å². The Morgan fingerprint density at radius 2 is 1.71 bits per heavy atom. The van der Waals surface area contributed by atoms with Crippen molar-refractivity contribution in [2.45, 2.75) is 19.3 Å². The summed E-state index contributed by atoms with van der Waals surface area (Å²) >= 11 is 0. The molecule has 108 valence electrons. The largest absolute Gasteiger partial charge is 0.481 e. The number of hydrogen-bond acceptors (Lipinski definition) is 2. The van der Waals surface area contributed by atoms with Gasteiger partial charge in [0.15, 0.2) is 0 Å². The molecule has 0 fully saturated rings. The normalized spacial score (nSPS) is 11.9. The summed E-state index contributed by atoms with van der Waals surface area (Å²) in [5.74, 6) is -2.53. The summed E-state index contributed by atoms with van der Waals surface area (Å²) < 4.78 is 0. The maximum Gasteiger partial charge on any atom is 0.310 e. The van der Waals surface area contributed by atoms with E-state index in [0.29, 0.717) is 11.1 Å². The molecule has 2 rings (SSSR count). The molecule has 0 aliphatic carbocycles. The second-order valence-electron chi connectivity index (χ2n) is 4.91. The molecule has 4 nitrogen and oxygen atoms in total. The van der Waals surface area contributed by atoms with Crippen LogP contribution < -0.4 is 0 Å². The average Bonchev–Trinajstić information content (AvgIpc) is 2.46. The molecule has 1 atom stereocenters. The first-order valence-corrected chi connectivity index (χ1v) is 6.62. The van der Waals surface area contributed by atoms with Gasteiger partial charge >= 0.3 is 11.9 Å². The molecule has 0 aliphatic heterocycles. The Morgan fingerprint density at radius 1 is 1.05 bits per heavy atom. The number of carboxylic acids is 2. The lowest BCUT2D eigenvalue weighted by atomic mass is 9.91. The maximum atomic E-state index is 11.1. The highest BCUT2D eigenvalue weighted by molar-refractivity contribution is 5.79. The fourth-order valence-corrected chi connectivity index (χ4v) is 2.23. The molecule has 1 unspecified atom stereocenters. The molecule has 21 heavy (non-hydrogen) atoms. The van der Waals surface area contributed by atoms with Crippen LogP contribution in [0.5, 0.6) is 0 Å². The number of aliphatic carboxylic acids is 2. The molecular weight excluding hydrogens is 268 g/mol. The number of rotatable bonds is 5. The Morgan fingerprint density at radius 3 is 2.29 bits per heavy atom. The summed E-state index contributed by atoms with van der Waals surface area (Å²) in [4.78, 5) is 22.1. The number of benzene rings is 2. The van der Waals surface area contributed by atoms with Crippen LogP contribution in [0.4, 0.5) is 0 Å². The predicted octanol–water partition coefficient (Wildman–Crippen LogP) is 3.17. The Balaban J connectivity index is 2.50. The third-order valence-corrected chi connectivity index (χ3v) is 3.43. The van der Waals surface area contributed by atoms with E-state index in [1.54, 1.807) is 25.1 Å². The number of hydrogen-bond donors (Lipinski definition) is 2. The second kappa shape index (κ2) is 6.22. The van der Waals surface area contributed by atoms with Crippen molar-refractivity contribution in [1.29, 1.82) is 0 Å². The van der Waals surface area contributed by atoms with E-state index in [4.69, 9.17) is 10.2 Å². The third kappa shape index (κ3) is 3.48. The highest BCUT2D eigenvalue weighted by atomic mass is 16.4. The van der Waals surface area contributed by atoms with Crippen LogP contribution in [-0.4, -0.2) is 22.2 Å². The van der Waals surface area contributed by atoms with Crippen molar-refractivity contribution in [3.05, 3.63) is 59.7 Å². The fraction of sp³-hybridized carbons (Fsp3) is 0.176. The van der Waals surface area contributed by atoms with Gasteiger partial charge in [0.2, 0.25) is 0 Å². The van der Waals surface area contributed by atoms with Crippen molar-refractivity contribution in [2.24, 2.45) is 0 Å². The van der Waals surface area contributed by atoms with Crippen LogP contribution in [0.15, 0.2) is 48.5 Å². The van der Waals surface area contributed by atoms with Gasteiger partial charge in [0, 0.05) is 0 Å². The third-order valence-electron chi connectivity index (χ3n) is 3.43. The van der Waals surface area contributed by atoms with Crippen LogP contribution in [0.1, 0.15) is 24.0 Å². The molecule has 0 saturated heterocycles. The molecule has 0 aliphatic rings. The van der Waals surface area contributed by atoms with E-state index in [2.05, 4.69) is 0 Å². The molecule has 2 aromatic carbocycles. The predicted molar refractivity (Wildman–Crippen MR) is 79.3 cm³/mol. The molecule has 0 heterocycles. The molecule has 0 amide bonds. The molecule has 0 saturated carbocycles. The van der Waals surface area contributed by atoms with Gasteiger partial charge in [-0.1, -0.05) is 48.5 Å². The van der Waals surface area contributed by atoms with Gasteiger partial charge in [-0.3, -0.25) is 9.59 Å². The van der Waals surface area contributed by atoms with E-state index in [9.17, 15) is 9.59 Å². The zero-order valence-electron chi connectivity index (χ0n) is 11.6. The molecule has 2 N–H and O–H groups in total. The summed E-state index contributed by atoms with van der Waals surface area (Å²) in [5, 5.41) is 18.1. The van der Waals surface area contributed by atoms with E-state index in [-0.39, 0.29) is 6.42 Å².